The number of carbonyl (C=O) groups excluding carboxylic acids is 3. The number of benzene rings is 3. The van der Waals surface area contributed by atoms with Crippen molar-refractivity contribution in [2.75, 3.05) is 17.2 Å². The maximum atomic E-state index is 12.8. The Morgan fingerprint density at radius 3 is 2.24 bits per heavy atom. The number of carbonyl (C=O) groups is 3. The average molecular weight is 642 g/mol. The third kappa shape index (κ3) is 10.1. The molecule has 1 N–H and O–H groups in total. The topological polar surface area (TPSA) is 97.3 Å². The molecule has 0 aromatic heterocycles. The minimum atomic E-state index is -4.77. The van der Waals surface area contributed by atoms with E-state index in [1.807, 2.05) is 63.2 Å². The first kappa shape index (κ1) is 33.6. The Morgan fingerprint density at radius 1 is 1.00 bits per heavy atom. The quantitative estimate of drug-likeness (QED) is 0.233. The van der Waals surface area contributed by atoms with E-state index in [1.165, 1.54) is 40.9 Å². The summed E-state index contributed by atoms with van der Waals surface area (Å²) >= 11 is 1.20. The van der Waals surface area contributed by atoms with Crippen molar-refractivity contribution >= 4 is 40.3 Å². The number of amides is 3. The third-order valence-electron chi connectivity index (χ3n) is 6.89. The molecule has 1 unspecified atom stereocenters. The van der Waals surface area contributed by atoms with E-state index in [-0.39, 0.29) is 47.3 Å². The second-order valence-corrected chi connectivity index (χ2v) is 11.5. The molecule has 0 aliphatic carbocycles. The lowest BCUT2D eigenvalue weighted by Crippen LogP contribution is -2.32. The SMILES string of the molecule is CCC(C)Oc1ccc(C)cc1N1C(=O)CSC1=NC(=O)NCCc1ccc(CC(=O)Cc2ccc(OC(F)(F)F)cc2)cc1. The number of urea groups is 1. The molecule has 0 saturated carbocycles. The Morgan fingerprint density at radius 2 is 1.62 bits per heavy atom. The van der Waals surface area contributed by atoms with Crippen LogP contribution in [0, 0.1) is 6.92 Å². The van der Waals surface area contributed by atoms with Crippen LogP contribution in [0.1, 0.15) is 42.5 Å². The number of nitrogens with one attached hydrogen (secondary N) is 1. The molecule has 45 heavy (non-hydrogen) atoms. The summed E-state index contributed by atoms with van der Waals surface area (Å²) in [5, 5.41) is 3.06. The molecule has 0 radical (unpaired) electrons. The summed E-state index contributed by atoms with van der Waals surface area (Å²) in [6.07, 6.45) is -3.24. The summed E-state index contributed by atoms with van der Waals surface area (Å²) in [5.41, 5.74) is 3.83. The Hall–Kier alpha value is -4.32. The number of amidine groups is 1. The predicted octanol–water partition coefficient (Wildman–Crippen LogP) is 6.81. The predicted molar refractivity (Wildman–Crippen MR) is 168 cm³/mol. The normalized spacial score (nSPS) is 14.8. The van der Waals surface area contributed by atoms with E-state index in [2.05, 4.69) is 15.0 Å². The fraction of sp³-hybridized carbons (Fsp3) is 0.333. The number of rotatable bonds is 12. The molecular weight excluding hydrogens is 607 g/mol. The van der Waals surface area contributed by atoms with Crippen molar-refractivity contribution in [3.63, 3.8) is 0 Å². The minimum absolute atomic E-state index is 0.0498. The van der Waals surface area contributed by atoms with Gasteiger partial charge in [0.2, 0.25) is 5.91 Å². The van der Waals surface area contributed by atoms with Crippen molar-refractivity contribution in [3.05, 3.63) is 89.0 Å². The van der Waals surface area contributed by atoms with E-state index in [9.17, 15) is 27.6 Å². The fourth-order valence-corrected chi connectivity index (χ4v) is 5.33. The number of alkyl halides is 3. The molecule has 1 heterocycles. The van der Waals surface area contributed by atoms with Gasteiger partial charge in [-0.1, -0.05) is 61.2 Å². The number of ketones is 1. The number of ether oxygens (including phenoxy) is 2. The molecule has 1 atom stereocenters. The maximum Gasteiger partial charge on any atom is 0.573 e. The van der Waals surface area contributed by atoms with Crippen molar-refractivity contribution in [2.24, 2.45) is 4.99 Å². The molecule has 0 spiro atoms. The van der Waals surface area contributed by atoms with Gasteiger partial charge >= 0.3 is 12.4 Å². The molecule has 1 saturated heterocycles. The van der Waals surface area contributed by atoms with Crippen LogP contribution in [0.2, 0.25) is 0 Å². The highest BCUT2D eigenvalue weighted by atomic mass is 32.2. The number of hydrogen-bond donors (Lipinski definition) is 1. The highest BCUT2D eigenvalue weighted by Gasteiger charge is 2.33. The number of thioether (sulfide) groups is 1. The van der Waals surface area contributed by atoms with Gasteiger partial charge in [-0.15, -0.1) is 13.2 Å². The second-order valence-electron chi connectivity index (χ2n) is 10.6. The maximum absolute atomic E-state index is 12.8. The molecule has 238 valence electrons. The van der Waals surface area contributed by atoms with Crippen molar-refractivity contribution in [2.45, 2.75) is 58.9 Å². The van der Waals surface area contributed by atoms with E-state index in [1.54, 1.807) is 0 Å². The number of halogens is 3. The van der Waals surface area contributed by atoms with Crippen molar-refractivity contribution in [3.8, 4) is 11.5 Å². The van der Waals surface area contributed by atoms with Crippen LogP contribution in [0.15, 0.2) is 71.7 Å². The van der Waals surface area contributed by atoms with Gasteiger partial charge in [0.05, 0.1) is 17.5 Å². The van der Waals surface area contributed by atoms with Gasteiger partial charge in [-0.25, -0.2) is 4.79 Å². The highest BCUT2D eigenvalue weighted by molar-refractivity contribution is 8.15. The zero-order chi connectivity index (χ0) is 32.6. The molecule has 3 aromatic rings. The van der Waals surface area contributed by atoms with Crippen LogP contribution in [-0.4, -0.2) is 47.7 Å². The van der Waals surface area contributed by atoms with Crippen molar-refractivity contribution < 1.29 is 37.0 Å². The smallest absolute Gasteiger partial charge is 0.489 e. The lowest BCUT2D eigenvalue weighted by atomic mass is 10.0. The first-order valence-corrected chi connectivity index (χ1v) is 15.4. The van der Waals surface area contributed by atoms with Gasteiger partial charge in [0.1, 0.15) is 17.3 Å². The van der Waals surface area contributed by atoms with Gasteiger partial charge in [-0.2, -0.15) is 4.99 Å². The fourth-order valence-electron chi connectivity index (χ4n) is 4.47. The summed E-state index contributed by atoms with van der Waals surface area (Å²) in [6, 6.07) is 17.6. The molecule has 0 bridgehead atoms. The first-order valence-electron chi connectivity index (χ1n) is 14.4. The second kappa shape index (κ2) is 15.1. The molecule has 12 heteroatoms. The van der Waals surface area contributed by atoms with Crippen LogP contribution >= 0.6 is 11.8 Å². The highest BCUT2D eigenvalue weighted by Crippen LogP contribution is 2.36. The van der Waals surface area contributed by atoms with E-state index < -0.39 is 12.4 Å². The van der Waals surface area contributed by atoms with Crippen LogP contribution in [0.5, 0.6) is 11.5 Å². The Labute approximate surface area is 264 Å². The third-order valence-corrected chi connectivity index (χ3v) is 7.82. The summed E-state index contributed by atoms with van der Waals surface area (Å²) in [6.45, 7) is 6.19. The van der Waals surface area contributed by atoms with Crippen LogP contribution in [0.25, 0.3) is 0 Å². The Kier molecular flexibility index (Phi) is 11.3. The van der Waals surface area contributed by atoms with Gasteiger partial charge in [-0.3, -0.25) is 14.5 Å². The summed E-state index contributed by atoms with van der Waals surface area (Å²) < 4.78 is 46.9. The molecule has 1 fully saturated rings. The molecule has 8 nitrogen and oxygen atoms in total. The standard InChI is InChI=1S/C33H34F3N3O5S/c1-4-22(3)43-29-14-5-21(2)17-28(29)39-30(41)20-45-32(39)38-31(42)37-16-15-23-6-8-24(9-7-23)18-26(40)19-25-10-12-27(13-11-25)44-33(34,35)36/h5-14,17,22H,4,15-16,18-20H2,1-3H3,(H,37,42). The lowest BCUT2D eigenvalue weighted by molar-refractivity contribution is -0.274. The van der Waals surface area contributed by atoms with Gasteiger partial charge in [-0.05, 0) is 73.2 Å². The summed E-state index contributed by atoms with van der Waals surface area (Å²) in [5.74, 6) is 0.118. The number of nitrogens with zero attached hydrogens (tertiary/aromatic N) is 2. The molecule has 4 rings (SSSR count). The Bertz CT molecular complexity index is 1540. The summed E-state index contributed by atoms with van der Waals surface area (Å²) in [7, 11) is 0. The number of Topliss-reactive ketones (excluding diaryl/α,β-unsaturated/α-hetero) is 1. The zero-order valence-electron chi connectivity index (χ0n) is 25.1. The van der Waals surface area contributed by atoms with Crippen LogP contribution in [0.4, 0.5) is 23.7 Å². The zero-order valence-corrected chi connectivity index (χ0v) is 26.0. The molecule has 1 aliphatic heterocycles. The first-order chi connectivity index (χ1) is 21.4. The van der Waals surface area contributed by atoms with E-state index in [0.717, 1.165) is 23.1 Å². The largest absolute Gasteiger partial charge is 0.573 e. The average Bonchev–Trinajstić information content (AvgIpc) is 3.34. The number of aliphatic imine (C=N–C) groups is 1. The van der Waals surface area contributed by atoms with Crippen LogP contribution in [0.3, 0.4) is 0 Å². The van der Waals surface area contributed by atoms with Crippen LogP contribution < -0.4 is 19.7 Å². The molecule has 3 aromatic carbocycles. The minimum Gasteiger partial charge on any atom is -0.489 e. The van der Waals surface area contributed by atoms with Gasteiger partial charge in [0.25, 0.3) is 0 Å². The molecular formula is C33H34F3N3O5S. The van der Waals surface area contributed by atoms with E-state index in [0.29, 0.717) is 30.0 Å². The number of hydrogen-bond acceptors (Lipinski definition) is 6. The van der Waals surface area contributed by atoms with E-state index >= 15 is 0 Å². The van der Waals surface area contributed by atoms with Crippen molar-refractivity contribution in [1.29, 1.82) is 0 Å². The monoisotopic (exact) mass is 641 g/mol. The Balaban J connectivity index is 1.28. The van der Waals surface area contributed by atoms with E-state index in [4.69, 9.17) is 4.74 Å². The van der Waals surface area contributed by atoms with Crippen LogP contribution in [-0.2, 0) is 28.9 Å². The van der Waals surface area contributed by atoms with Gasteiger partial charge in [0.15, 0.2) is 5.17 Å². The molecule has 1 aliphatic rings. The number of anilines is 1. The number of aryl methyl sites for hydroxylation is 1. The van der Waals surface area contributed by atoms with Gasteiger partial charge in [0, 0.05) is 19.4 Å². The van der Waals surface area contributed by atoms with Gasteiger partial charge < -0.3 is 14.8 Å². The molecule has 3 amide bonds. The summed E-state index contributed by atoms with van der Waals surface area (Å²) in [4.78, 5) is 43.6. The lowest BCUT2D eigenvalue weighted by Gasteiger charge is -2.22. The van der Waals surface area contributed by atoms with Crippen molar-refractivity contribution in [1.82, 2.24) is 5.32 Å².